The summed E-state index contributed by atoms with van der Waals surface area (Å²) in [6, 6.07) is 9.93. The highest BCUT2D eigenvalue weighted by Gasteiger charge is 2.28. The topological polar surface area (TPSA) is 38.3 Å². The molecule has 0 amide bonds. The summed E-state index contributed by atoms with van der Waals surface area (Å²) < 4.78 is 5.23. The fourth-order valence-electron chi connectivity index (χ4n) is 2.95. The van der Waals surface area contributed by atoms with Gasteiger partial charge in [0.15, 0.2) is 0 Å². The molecule has 1 N–H and O–H groups in total. The van der Waals surface area contributed by atoms with Gasteiger partial charge in [0.2, 0.25) is 0 Å². The molecule has 1 saturated carbocycles. The summed E-state index contributed by atoms with van der Waals surface area (Å²) in [7, 11) is 0. The first kappa shape index (κ1) is 15.0. The van der Waals surface area contributed by atoms with Gasteiger partial charge in [-0.15, -0.1) is 0 Å². The van der Waals surface area contributed by atoms with Crippen LogP contribution in [0, 0.1) is 5.92 Å². The summed E-state index contributed by atoms with van der Waals surface area (Å²) in [6.07, 6.45) is 4.92. The number of nitrogens with one attached hydrogen (secondary N) is 1. The molecule has 1 aromatic rings. The second-order valence-corrected chi connectivity index (χ2v) is 5.63. The number of hydrogen-bond donors (Lipinski definition) is 1. The van der Waals surface area contributed by atoms with Crippen molar-refractivity contribution in [3.63, 3.8) is 0 Å². The molecule has 3 atom stereocenters. The predicted octanol–water partition coefficient (Wildman–Crippen LogP) is 3.46. The van der Waals surface area contributed by atoms with Crippen LogP contribution in [0.3, 0.4) is 0 Å². The van der Waals surface area contributed by atoms with E-state index in [4.69, 9.17) is 4.74 Å². The van der Waals surface area contributed by atoms with Crippen molar-refractivity contribution in [2.75, 3.05) is 6.61 Å². The molecule has 3 heteroatoms. The van der Waals surface area contributed by atoms with E-state index in [1.807, 2.05) is 37.3 Å². The highest BCUT2D eigenvalue weighted by molar-refractivity contribution is 5.77. The minimum atomic E-state index is -0.346. The fourth-order valence-corrected chi connectivity index (χ4v) is 2.95. The van der Waals surface area contributed by atoms with Crippen LogP contribution in [-0.2, 0) is 9.53 Å². The van der Waals surface area contributed by atoms with Crippen molar-refractivity contribution in [1.82, 2.24) is 5.32 Å². The summed E-state index contributed by atoms with van der Waals surface area (Å²) in [4.78, 5) is 12.2. The molecule has 0 saturated heterocycles. The fraction of sp³-hybridized carbons (Fsp3) is 0.588. The number of ether oxygens (including phenoxy) is 1. The van der Waals surface area contributed by atoms with Gasteiger partial charge in [-0.3, -0.25) is 5.32 Å². The van der Waals surface area contributed by atoms with E-state index in [9.17, 15) is 4.79 Å². The van der Waals surface area contributed by atoms with E-state index < -0.39 is 0 Å². The minimum absolute atomic E-state index is 0.170. The molecule has 0 aromatic heterocycles. The minimum Gasteiger partial charge on any atom is -0.465 e. The average molecular weight is 275 g/mol. The van der Waals surface area contributed by atoms with Crippen LogP contribution in [0.5, 0.6) is 0 Å². The van der Waals surface area contributed by atoms with Gasteiger partial charge in [0, 0.05) is 6.04 Å². The summed E-state index contributed by atoms with van der Waals surface area (Å²) in [5.74, 6) is 0.445. The van der Waals surface area contributed by atoms with Crippen molar-refractivity contribution in [3.8, 4) is 0 Å². The van der Waals surface area contributed by atoms with Gasteiger partial charge in [-0.1, -0.05) is 50.1 Å². The molecule has 2 rings (SSSR count). The Morgan fingerprint density at radius 2 is 2.00 bits per heavy atom. The Bertz CT molecular complexity index is 418. The largest absolute Gasteiger partial charge is 0.465 e. The van der Waals surface area contributed by atoms with Crippen LogP contribution in [0.4, 0.5) is 0 Å². The van der Waals surface area contributed by atoms with Crippen LogP contribution in [0.2, 0.25) is 0 Å². The maximum Gasteiger partial charge on any atom is 0.327 e. The Morgan fingerprint density at radius 1 is 1.30 bits per heavy atom. The molecule has 20 heavy (non-hydrogen) atoms. The zero-order valence-electron chi connectivity index (χ0n) is 12.5. The van der Waals surface area contributed by atoms with Gasteiger partial charge in [-0.25, -0.2) is 4.79 Å². The predicted molar refractivity (Wildman–Crippen MR) is 80.4 cm³/mol. The third-order valence-corrected chi connectivity index (χ3v) is 4.15. The van der Waals surface area contributed by atoms with Gasteiger partial charge in [0.1, 0.15) is 6.04 Å². The number of hydrogen-bond acceptors (Lipinski definition) is 3. The first-order valence-electron chi connectivity index (χ1n) is 7.70. The zero-order chi connectivity index (χ0) is 14.4. The Labute approximate surface area is 121 Å². The first-order chi connectivity index (χ1) is 9.72. The molecule has 3 unspecified atom stereocenters. The van der Waals surface area contributed by atoms with Crippen LogP contribution in [0.1, 0.15) is 51.1 Å². The molecule has 0 spiro atoms. The molecule has 0 radical (unpaired) electrons. The van der Waals surface area contributed by atoms with Gasteiger partial charge < -0.3 is 4.74 Å². The van der Waals surface area contributed by atoms with E-state index in [2.05, 4.69) is 12.2 Å². The molecule has 1 fully saturated rings. The van der Waals surface area contributed by atoms with Crippen LogP contribution >= 0.6 is 0 Å². The van der Waals surface area contributed by atoms with Gasteiger partial charge in [0.25, 0.3) is 0 Å². The van der Waals surface area contributed by atoms with Crippen molar-refractivity contribution < 1.29 is 9.53 Å². The summed E-state index contributed by atoms with van der Waals surface area (Å²) >= 11 is 0. The number of esters is 1. The lowest BCUT2D eigenvalue weighted by atomic mass is 9.85. The summed E-state index contributed by atoms with van der Waals surface area (Å²) in [6.45, 7) is 4.54. The van der Waals surface area contributed by atoms with E-state index in [0.717, 1.165) is 12.0 Å². The lowest BCUT2D eigenvalue weighted by molar-refractivity contribution is -0.146. The first-order valence-corrected chi connectivity index (χ1v) is 7.70. The number of rotatable bonds is 5. The number of carbonyl (C=O) groups is 1. The smallest absolute Gasteiger partial charge is 0.327 e. The summed E-state index contributed by atoms with van der Waals surface area (Å²) in [5.41, 5.74) is 0.990. The standard InChI is InChI=1S/C17H25NO2/c1-3-20-17(19)16(14-10-5-4-6-11-14)18-15-12-8-7-9-13(15)2/h4-6,10-11,13,15-16,18H,3,7-9,12H2,1-2H3. The third kappa shape index (κ3) is 3.83. The molecular formula is C17H25NO2. The monoisotopic (exact) mass is 275 g/mol. The molecule has 0 heterocycles. The van der Waals surface area contributed by atoms with E-state index in [-0.39, 0.29) is 12.0 Å². The van der Waals surface area contributed by atoms with Gasteiger partial charge >= 0.3 is 5.97 Å². The van der Waals surface area contributed by atoms with E-state index >= 15 is 0 Å². The Balaban J connectivity index is 2.12. The van der Waals surface area contributed by atoms with E-state index in [1.54, 1.807) is 0 Å². The van der Waals surface area contributed by atoms with E-state index in [0.29, 0.717) is 18.6 Å². The SMILES string of the molecule is CCOC(=O)C(NC1CCCCC1C)c1ccccc1. The molecule has 1 aliphatic carbocycles. The van der Waals surface area contributed by atoms with Gasteiger partial charge in [0.05, 0.1) is 6.61 Å². The highest BCUT2D eigenvalue weighted by atomic mass is 16.5. The third-order valence-electron chi connectivity index (χ3n) is 4.15. The number of benzene rings is 1. The van der Waals surface area contributed by atoms with E-state index in [1.165, 1.54) is 19.3 Å². The van der Waals surface area contributed by atoms with Crippen LogP contribution in [-0.4, -0.2) is 18.6 Å². The van der Waals surface area contributed by atoms with Gasteiger partial charge in [-0.05, 0) is 31.2 Å². The lowest BCUT2D eigenvalue weighted by Gasteiger charge is -2.32. The maximum atomic E-state index is 12.2. The van der Waals surface area contributed by atoms with Crippen LogP contribution in [0.25, 0.3) is 0 Å². The number of carbonyl (C=O) groups excluding carboxylic acids is 1. The molecule has 3 nitrogen and oxygen atoms in total. The molecule has 0 aliphatic heterocycles. The van der Waals surface area contributed by atoms with Crippen molar-refractivity contribution >= 4 is 5.97 Å². The normalized spacial score (nSPS) is 24.1. The molecular weight excluding hydrogens is 250 g/mol. The molecule has 110 valence electrons. The van der Waals surface area contributed by atoms with Crippen molar-refractivity contribution in [3.05, 3.63) is 35.9 Å². The molecule has 1 aliphatic rings. The zero-order valence-corrected chi connectivity index (χ0v) is 12.5. The quantitative estimate of drug-likeness (QED) is 0.836. The second kappa shape index (κ2) is 7.44. The average Bonchev–Trinajstić information content (AvgIpc) is 2.47. The van der Waals surface area contributed by atoms with Crippen molar-refractivity contribution in [2.45, 2.75) is 51.6 Å². The van der Waals surface area contributed by atoms with Gasteiger partial charge in [-0.2, -0.15) is 0 Å². The Kier molecular flexibility index (Phi) is 5.60. The van der Waals surface area contributed by atoms with Crippen LogP contribution in [0.15, 0.2) is 30.3 Å². The van der Waals surface area contributed by atoms with Crippen molar-refractivity contribution in [1.29, 1.82) is 0 Å². The lowest BCUT2D eigenvalue weighted by Crippen LogP contribution is -2.42. The molecule has 1 aromatic carbocycles. The van der Waals surface area contributed by atoms with Crippen molar-refractivity contribution in [2.24, 2.45) is 5.92 Å². The maximum absolute atomic E-state index is 12.2. The highest BCUT2D eigenvalue weighted by Crippen LogP contribution is 2.26. The Morgan fingerprint density at radius 3 is 2.65 bits per heavy atom. The Hall–Kier alpha value is -1.35. The summed E-state index contributed by atoms with van der Waals surface area (Å²) in [5, 5.41) is 3.53. The molecule has 0 bridgehead atoms. The second-order valence-electron chi connectivity index (χ2n) is 5.63. The van der Waals surface area contributed by atoms with Crippen LogP contribution < -0.4 is 5.32 Å².